The van der Waals surface area contributed by atoms with Gasteiger partial charge >= 0.3 is 0 Å². The van der Waals surface area contributed by atoms with E-state index in [1.807, 2.05) is 13.8 Å². The van der Waals surface area contributed by atoms with Crippen LogP contribution in [0, 0.1) is 20.8 Å². The molecule has 0 aliphatic heterocycles. The van der Waals surface area contributed by atoms with E-state index >= 15 is 0 Å². The number of rotatable bonds is 3. The molecule has 0 radical (unpaired) electrons. The van der Waals surface area contributed by atoms with Gasteiger partial charge in [0.15, 0.2) is 5.11 Å². The lowest BCUT2D eigenvalue weighted by molar-refractivity contribution is 0.900. The third kappa shape index (κ3) is 3.81. The Balaban J connectivity index is 2.93. The van der Waals surface area contributed by atoms with Gasteiger partial charge in [-0.15, -0.1) is 0 Å². The Labute approximate surface area is 115 Å². The molecule has 0 atom stereocenters. The number of benzene rings is 1. The van der Waals surface area contributed by atoms with Crippen molar-refractivity contribution in [3.05, 3.63) is 34.4 Å². The van der Waals surface area contributed by atoms with Gasteiger partial charge in [0, 0.05) is 12.1 Å². The van der Waals surface area contributed by atoms with Crippen LogP contribution in [-0.2, 0) is 0 Å². The van der Waals surface area contributed by atoms with E-state index in [9.17, 15) is 0 Å². The highest BCUT2D eigenvalue weighted by molar-refractivity contribution is 7.80. The molecule has 2 N–H and O–H groups in total. The highest BCUT2D eigenvalue weighted by atomic mass is 32.1. The lowest BCUT2D eigenvalue weighted by atomic mass is 9.97. The van der Waals surface area contributed by atoms with E-state index in [0.29, 0.717) is 5.11 Å². The van der Waals surface area contributed by atoms with E-state index in [4.69, 9.17) is 12.2 Å². The molecule has 1 rings (SSSR count). The minimum atomic E-state index is 0.555. The van der Waals surface area contributed by atoms with Crippen LogP contribution in [-0.4, -0.2) is 17.4 Å². The number of nitrogens with zero attached hydrogens (tertiary/aromatic N) is 1. The molecule has 0 unspecified atom stereocenters. The monoisotopic (exact) mass is 263 g/mol. The standard InChI is InChI=1S/C14H21N3S/c1-6-15-14(18)17-16-12(5)13-10(3)7-9(2)8-11(13)4/h7-8H,6H2,1-5H3,(H2,15,17,18)/b16-12-. The van der Waals surface area contributed by atoms with E-state index in [2.05, 4.69) is 48.7 Å². The summed E-state index contributed by atoms with van der Waals surface area (Å²) in [5.41, 5.74) is 8.75. The van der Waals surface area contributed by atoms with Crippen LogP contribution in [0.2, 0.25) is 0 Å². The van der Waals surface area contributed by atoms with Crippen molar-refractivity contribution in [3.8, 4) is 0 Å². The van der Waals surface area contributed by atoms with Crippen LogP contribution in [0.15, 0.2) is 17.2 Å². The van der Waals surface area contributed by atoms with Gasteiger partial charge < -0.3 is 5.32 Å². The second kappa shape index (κ2) is 6.50. The summed E-state index contributed by atoms with van der Waals surface area (Å²) < 4.78 is 0. The van der Waals surface area contributed by atoms with Crippen molar-refractivity contribution in [2.75, 3.05) is 6.54 Å². The fraction of sp³-hybridized carbons (Fsp3) is 0.429. The molecule has 0 heterocycles. The van der Waals surface area contributed by atoms with E-state index in [1.165, 1.54) is 22.3 Å². The van der Waals surface area contributed by atoms with Gasteiger partial charge in [-0.3, -0.25) is 5.43 Å². The van der Waals surface area contributed by atoms with Crippen LogP contribution in [0.4, 0.5) is 0 Å². The van der Waals surface area contributed by atoms with Gasteiger partial charge in [0.1, 0.15) is 0 Å². The highest BCUT2D eigenvalue weighted by Crippen LogP contribution is 2.17. The van der Waals surface area contributed by atoms with Crippen molar-refractivity contribution in [2.45, 2.75) is 34.6 Å². The third-order valence-electron chi connectivity index (χ3n) is 2.70. The van der Waals surface area contributed by atoms with Crippen LogP contribution in [0.5, 0.6) is 0 Å². The molecule has 0 saturated carbocycles. The first-order chi connectivity index (χ1) is 8.45. The van der Waals surface area contributed by atoms with Crippen LogP contribution in [0.3, 0.4) is 0 Å². The topological polar surface area (TPSA) is 36.4 Å². The van der Waals surface area contributed by atoms with Gasteiger partial charge in [0.05, 0.1) is 5.71 Å². The quantitative estimate of drug-likeness (QED) is 0.500. The molecule has 3 nitrogen and oxygen atoms in total. The van der Waals surface area contributed by atoms with Gasteiger partial charge in [-0.25, -0.2) is 0 Å². The van der Waals surface area contributed by atoms with Crippen molar-refractivity contribution < 1.29 is 0 Å². The molecule has 0 amide bonds. The summed E-state index contributed by atoms with van der Waals surface area (Å²) in [5.74, 6) is 0. The first-order valence-corrected chi connectivity index (χ1v) is 6.52. The SMILES string of the molecule is CCNC(=S)N/N=C(/C)c1c(C)cc(C)cc1C. The number of hydrogen-bond donors (Lipinski definition) is 2. The Bertz CT molecular complexity index is 455. The molecule has 0 spiro atoms. The highest BCUT2D eigenvalue weighted by Gasteiger charge is 2.07. The van der Waals surface area contributed by atoms with Crippen LogP contribution >= 0.6 is 12.2 Å². The summed E-state index contributed by atoms with van der Waals surface area (Å²) in [6, 6.07) is 4.34. The van der Waals surface area contributed by atoms with Gasteiger partial charge in [-0.05, 0) is 58.0 Å². The molecule has 0 fully saturated rings. The van der Waals surface area contributed by atoms with Crippen molar-refractivity contribution in [1.29, 1.82) is 0 Å². The summed E-state index contributed by atoms with van der Waals surface area (Å²) in [6.45, 7) is 11.1. The van der Waals surface area contributed by atoms with Crippen molar-refractivity contribution in [2.24, 2.45) is 5.10 Å². The number of nitrogens with one attached hydrogen (secondary N) is 2. The van der Waals surface area contributed by atoms with Crippen LogP contribution < -0.4 is 10.7 Å². The average molecular weight is 263 g/mol. The van der Waals surface area contributed by atoms with Gasteiger partial charge in [-0.1, -0.05) is 17.7 Å². The fourth-order valence-corrected chi connectivity index (χ4v) is 2.33. The summed E-state index contributed by atoms with van der Waals surface area (Å²) >= 11 is 5.08. The lowest BCUT2D eigenvalue weighted by Crippen LogP contribution is -2.32. The number of thiocarbonyl (C=S) groups is 1. The number of hydrogen-bond acceptors (Lipinski definition) is 2. The van der Waals surface area contributed by atoms with Gasteiger partial charge in [0.2, 0.25) is 0 Å². The fourth-order valence-electron chi connectivity index (χ4n) is 2.14. The first-order valence-electron chi connectivity index (χ1n) is 6.12. The average Bonchev–Trinajstić information content (AvgIpc) is 2.25. The largest absolute Gasteiger partial charge is 0.362 e. The maximum Gasteiger partial charge on any atom is 0.186 e. The maximum absolute atomic E-state index is 5.08. The van der Waals surface area contributed by atoms with Crippen molar-refractivity contribution >= 4 is 23.0 Å². The zero-order valence-corrected chi connectivity index (χ0v) is 12.5. The molecule has 0 saturated heterocycles. The van der Waals surface area contributed by atoms with Crippen molar-refractivity contribution in [1.82, 2.24) is 10.7 Å². The van der Waals surface area contributed by atoms with E-state index in [0.717, 1.165) is 12.3 Å². The maximum atomic E-state index is 5.08. The molecule has 0 aliphatic carbocycles. The molecular formula is C14H21N3S. The Morgan fingerprint density at radius 1 is 1.22 bits per heavy atom. The molecule has 98 valence electrons. The smallest absolute Gasteiger partial charge is 0.186 e. The summed E-state index contributed by atoms with van der Waals surface area (Å²) in [7, 11) is 0. The summed E-state index contributed by atoms with van der Waals surface area (Å²) in [5, 5.41) is 7.89. The summed E-state index contributed by atoms with van der Waals surface area (Å²) in [4.78, 5) is 0. The minimum absolute atomic E-state index is 0.555. The van der Waals surface area contributed by atoms with E-state index in [1.54, 1.807) is 0 Å². The summed E-state index contributed by atoms with van der Waals surface area (Å²) in [6.07, 6.45) is 0. The molecule has 0 aromatic heterocycles. The van der Waals surface area contributed by atoms with Crippen LogP contribution in [0.25, 0.3) is 0 Å². The number of aryl methyl sites for hydroxylation is 3. The molecule has 4 heteroatoms. The molecular weight excluding hydrogens is 242 g/mol. The van der Waals surface area contributed by atoms with E-state index in [-0.39, 0.29) is 0 Å². The molecule has 1 aromatic carbocycles. The lowest BCUT2D eigenvalue weighted by Gasteiger charge is -2.11. The van der Waals surface area contributed by atoms with E-state index < -0.39 is 0 Å². The Morgan fingerprint density at radius 2 is 1.78 bits per heavy atom. The molecule has 0 bridgehead atoms. The van der Waals surface area contributed by atoms with Crippen LogP contribution in [0.1, 0.15) is 36.1 Å². The first kappa shape index (κ1) is 14.6. The Hall–Kier alpha value is -1.42. The third-order valence-corrected chi connectivity index (χ3v) is 2.94. The second-order valence-corrected chi connectivity index (χ2v) is 4.85. The Kier molecular flexibility index (Phi) is 5.28. The predicted octanol–water partition coefficient (Wildman–Crippen LogP) is 2.82. The molecule has 1 aromatic rings. The zero-order valence-electron chi connectivity index (χ0n) is 11.7. The molecule has 18 heavy (non-hydrogen) atoms. The second-order valence-electron chi connectivity index (χ2n) is 4.44. The minimum Gasteiger partial charge on any atom is -0.362 e. The normalized spacial score (nSPS) is 11.3. The van der Waals surface area contributed by atoms with Gasteiger partial charge in [0.25, 0.3) is 0 Å². The zero-order chi connectivity index (χ0) is 13.7. The van der Waals surface area contributed by atoms with Gasteiger partial charge in [-0.2, -0.15) is 5.10 Å². The predicted molar refractivity (Wildman–Crippen MR) is 82.3 cm³/mol. The Morgan fingerprint density at radius 3 is 2.28 bits per heavy atom. The number of hydrazone groups is 1. The van der Waals surface area contributed by atoms with Crippen molar-refractivity contribution in [3.63, 3.8) is 0 Å². The molecule has 0 aliphatic rings.